The van der Waals surface area contributed by atoms with Gasteiger partial charge in [-0.3, -0.25) is 4.79 Å². The van der Waals surface area contributed by atoms with Gasteiger partial charge in [-0.1, -0.05) is 30.3 Å². The molecule has 1 N–H and O–H groups in total. The molecule has 2 aromatic rings. The first kappa shape index (κ1) is 11.9. The minimum Gasteiger partial charge on any atom is -0.325 e. The van der Waals surface area contributed by atoms with Crippen LogP contribution in [-0.2, 0) is 11.2 Å². The van der Waals surface area contributed by atoms with Crippen molar-refractivity contribution >= 4 is 11.6 Å². The summed E-state index contributed by atoms with van der Waals surface area (Å²) in [4.78, 5) is 12.3. The number of hydrogen-bond donors (Lipinski definition) is 1. The number of anilines is 1. The summed E-state index contributed by atoms with van der Waals surface area (Å²) in [6.45, 7) is 0. The minimum atomic E-state index is -0.277. The SMILES string of the molecule is O=C1Nc2ccccc2CC[C@H]1c1ccc(F)cc1. The minimum absolute atomic E-state index is 0.0171. The largest absolute Gasteiger partial charge is 0.325 e. The molecule has 1 amide bonds. The number of para-hydroxylation sites is 1. The van der Waals surface area contributed by atoms with Gasteiger partial charge in [0.1, 0.15) is 5.82 Å². The highest BCUT2D eigenvalue weighted by Gasteiger charge is 2.24. The Balaban J connectivity index is 1.90. The average molecular weight is 255 g/mol. The van der Waals surface area contributed by atoms with Crippen molar-refractivity contribution < 1.29 is 9.18 Å². The van der Waals surface area contributed by atoms with Crippen molar-refractivity contribution in [2.24, 2.45) is 0 Å². The Morgan fingerprint density at radius 3 is 2.58 bits per heavy atom. The first-order valence-electron chi connectivity index (χ1n) is 6.38. The number of nitrogens with one attached hydrogen (secondary N) is 1. The number of amides is 1. The van der Waals surface area contributed by atoms with Gasteiger partial charge < -0.3 is 5.32 Å². The highest BCUT2D eigenvalue weighted by molar-refractivity contribution is 5.97. The van der Waals surface area contributed by atoms with Crippen LogP contribution in [0.5, 0.6) is 0 Å². The maximum Gasteiger partial charge on any atom is 0.231 e. The molecule has 19 heavy (non-hydrogen) atoms. The Kier molecular flexibility index (Phi) is 3.03. The van der Waals surface area contributed by atoms with Crippen LogP contribution in [0, 0.1) is 5.82 Å². The number of aryl methyl sites for hydroxylation is 1. The van der Waals surface area contributed by atoms with Crippen molar-refractivity contribution in [1.29, 1.82) is 0 Å². The molecule has 0 radical (unpaired) electrons. The molecule has 3 heteroatoms. The number of rotatable bonds is 1. The van der Waals surface area contributed by atoms with Crippen LogP contribution in [0.25, 0.3) is 0 Å². The lowest BCUT2D eigenvalue weighted by Crippen LogP contribution is -2.19. The van der Waals surface area contributed by atoms with Crippen LogP contribution in [0.15, 0.2) is 48.5 Å². The van der Waals surface area contributed by atoms with Crippen LogP contribution in [0.1, 0.15) is 23.5 Å². The van der Waals surface area contributed by atoms with Gasteiger partial charge in [-0.15, -0.1) is 0 Å². The number of benzene rings is 2. The van der Waals surface area contributed by atoms with Gasteiger partial charge in [0.05, 0.1) is 5.92 Å². The van der Waals surface area contributed by atoms with Crippen molar-refractivity contribution in [3.63, 3.8) is 0 Å². The number of fused-ring (bicyclic) bond motifs is 1. The predicted molar refractivity (Wildman–Crippen MR) is 72.5 cm³/mol. The molecule has 96 valence electrons. The van der Waals surface area contributed by atoms with Gasteiger partial charge in [-0.25, -0.2) is 4.39 Å². The third-order valence-corrected chi connectivity index (χ3v) is 3.57. The first-order chi connectivity index (χ1) is 9.24. The fourth-order valence-electron chi connectivity index (χ4n) is 2.52. The molecule has 0 unspecified atom stereocenters. The monoisotopic (exact) mass is 255 g/mol. The lowest BCUT2D eigenvalue weighted by Gasteiger charge is -2.13. The van der Waals surface area contributed by atoms with Crippen molar-refractivity contribution in [2.75, 3.05) is 5.32 Å². The smallest absolute Gasteiger partial charge is 0.231 e. The van der Waals surface area contributed by atoms with E-state index in [1.54, 1.807) is 12.1 Å². The molecule has 1 heterocycles. The Labute approximate surface area is 111 Å². The topological polar surface area (TPSA) is 29.1 Å². The van der Waals surface area contributed by atoms with Crippen molar-refractivity contribution in [3.05, 3.63) is 65.5 Å². The zero-order valence-corrected chi connectivity index (χ0v) is 10.4. The van der Waals surface area contributed by atoms with Gasteiger partial charge in [0.15, 0.2) is 0 Å². The van der Waals surface area contributed by atoms with E-state index in [-0.39, 0.29) is 17.6 Å². The van der Waals surface area contributed by atoms with E-state index < -0.39 is 0 Å². The van der Waals surface area contributed by atoms with Crippen LogP contribution in [0.2, 0.25) is 0 Å². The Bertz CT molecular complexity index is 606. The second-order valence-corrected chi connectivity index (χ2v) is 4.79. The van der Waals surface area contributed by atoms with Gasteiger partial charge in [0, 0.05) is 5.69 Å². The van der Waals surface area contributed by atoms with Gasteiger partial charge in [-0.2, -0.15) is 0 Å². The molecule has 3 rings (SSSR count). The van der Waals surface area contributed by atoms with E-state index in [9.17, 15) is 9.18 Å². The quantitative estimate of drug-likeness (QED) is 0.830. The van der Waals surface area contributed by atoms with Crippen LogP contribution in [-0.4, -0.2) is 5.91 Å². The molecule has 0 spiro atoms. The van der Waals surface area contributed by atoms with E-state index in [4.69, 9.17) is 0 Å². The fraction of sp³-hybridized carbons (Fsp3) is 0.188. The van der Waals surface area contributed by atoms with E-state index in [0.717, 1.165) is 29.7 Å². The van der Waals surface area contributed by atoms with Crippen LogP contribution >= 0.6 is 0 Å². The summed E-state index contributed by atoms with van der Waals surface area (Å²) in [5, 5.41) is 2.95. The van der Waals surface area contributed by atoms with Crippen molar-refractivity contribution in [2.45, 2.75) is 18.8 Å². The molecule has 2 nitrogen and oxygen atoms in total. The summed E-state index contributed by atoms with van der Waals surface area (Å²) in [6.07, 6.45) is 1.59. The normalized spacial score (nSPS) is 18.4. The molecule has 0 bridgehead atoms. The summed E-state index contributed by atoms with van der Waals surface area (Å²) in [7, 11) is 0. The van der Waals surface area contributed by atoms with Crippen molar-refractivity contribution in [3.8, 4) is 0 Å². The third kappa shape index (κ3) is 2.36. The molecular formula is C16H14FNO. The average Bonchev–Trinajstić information content (AvgIpc) is 2.58. The highest BCUT2D eigenvalue weighted by atomic mass is 19.1. The second-order valence-electron chi connectivity index (χ2n) is 4.79. The summed E-state index contributed by atoms with van der Waals surface area (Å²) in [5.74, 6) is -0.509. The lowest BCUT2D eigenvalue weighted by molar-refractivity contribution is -0.117. The van der Waals surface area contributed by atoms with E-state index in [1.807, 2.05) is 24.3 Å². The van der Waals surface area contributed by atoms with Gasteiger partial charge >= 0.3 is 0 Å². The van der Waals surface area contributed by atoms with E-state index in [1.165, 1.54) is 12.1 Å². The second kappa shape index (κ2) is 4.84. The van der Waals surface area contributed by atoms with Crippen LogP contribution < -0.4 is 5.32 Å². The molecule has 0 saturated carbocycles. The molecule has 1 aliphatic rings. The standard InChI is InChI=1S/C16H14FNO/c17-13-8-5-11(6-9-13)14-10-7-12-3-1-2-4-15(12)18-16(14)19/h1-6,8-9,14H,7,10H2,(H,18,19)/t14-/m0/s1. The lowest BCUT2D eigenvalue weighted by atomic mass is 9.93. The van der Waals surface area contributed by atoms with Crippen LogP contribution in [0.3, 0.4) is 0 Å². The van der Waals surface area contributed by atoms with Crippen LogP contribution in [0.4, 0.5) is 10.1 Å². The predicted octanol–water partition coefficient (Wildman–Crippen LogP) is 3.49. The molecule has 1 atom stereocenters. The van der Waals surface area contributed by atoms with E-state index in [2.05, 4.69) is 5.32 Å². The highest BCUT2D eigenvalue weighted by Crippen LogP contribution is 2.30. The molecule has 2 aromatic carbocycles. The number of carbonyl (C=O) groups excluding carboxylic acids is 1. The van der Waals surface area contributed by atoms with E-state index in [0.29, 0.717) is 0 Å². The summed E-state index contributed by atoms with van der Waals surface area (Å²) in [5.41, 5.74) is 2.91. The number of carbonyl (C=O) groups is 1. The number of hydrogen-bond acceptors (Lipinski definition) is 1. The maximum absolute atomic E-state index is 12.9. The van der Waals surface area contributed by atoms with Crippen molar-refractivity contribution in [1.82, 2.24) is 0 Å². The molecule has 0 fully saturated rings. The zero-order valence-electron chi connectivity index (χ0n) is 10.4. The Morgan fingerprint density at radius 2 is 1.79 bits per heavy atom. The third-order valence-electron chi connectivity index (χ3n) is 3.57. The molecular weight excluding hydrogens is 241 g/mol. The van der Waals surface area contributed by atoms with Gasteiger partial charge in [0.2, 0.25) is 5.91 Å². The maximum atomic E-state index is 12.9. The summed E-state index contributed by atoms with van der Waals surface area (Å²) < 4.78 is 12.9. The fourth-order valence-corrected chi connectivity index (χ4v) is 2.52. The summed E-state index contributed by atoms with van der Waals surface area (Å²) >= 11 is 0. The van der Waals surface area contributed by atoms with Gasteiger partial charge in [-0.05, 0) is 42.2 Å². The molecule has 0 aliphatic carbocycles. The number of halogens is 1. The first-order valence-corrected chi connectivity index (χ1v) is 6.38. The van der Waals surface area contributed by atoms with E-state index >= 15 is 0 Å². The zero-order chi connectivity index (χ0) is 13.2. The van der Waals surface area contributed by atoms with Gasteiger partial charge in [0.25, 0.3) is 0 Å². The Hall–Kier alpha value is -2.16. The Morgan fingerprint density at radius 1 is 1.05 bits per heavy atom. The molecule has 1 aliphatic heterocycles. The molecule has 0 saturated heterocycles. The molecule has 0 aromatic heterocycles. The summed E-state index contributed by atoms with van der Waals surface area (Å²) in [6, 6.07) is 14.0.